The van der Waals surface area contributed by atoms with Crippen molar-refractivity contribution in [3.63, 3.8) is 0 Å². The summed E-state index contributed by atoms with van der Waals surface area (Å²) in [5, 5.41) is 4.57. The molecule has 0 spiro atoms. The average Bonchev–Trinajstić information content (AvgIpc) is 3.27. The van der Waals surface area contributed by atoms with E-state index >= 15 is 0 Å². The molecule has 0 amide bonds. The number of rotatable bonds is 5. The molecule has 1 aliphatic rings. The quantitative estimate of drug-likeness (QED) is 0.653. The molecule has 1 aromatic carbocycles. The lowest BCUT2D eigenvalue weighted by Crippen LogP contribution is -2.27. The fraction of sp³-hybridized carbons (Fsp3) is 0.381. The van der Waals surface area contributed by atoms with E-state index in [-0.39, 0.29) is 5.97 Å². The normalized spacial score (nSPS) is 16.5. The summed E-state index contributed by atoms with van der Waals surface area (Å²) in [6, 6.07) is 10.6. The lowest BCUT2D eigenvalue weighted by molar-refractivity contribution is 0.0531. The van der Waals surface area contributed by atoms with E-state index in [2.05, 4.69) is 27.3 Å². The Labute approximate surface area is 168 Å². The summed E-state index contributed by atoms with van der Waals surface area (Å²) in [7, 11) is 0. The number of thiophene rings is 1. The summed E-state index contributed by atoms with van der Waals surface area (Å²) in [5.41, 5.74) is 2.04. The Bertz CT molecular complexity index is 1000. The van der Waals surface area contributed by atoms with Crippen molar-refractivity contribution in [2.75, 3.05) is 29.9 Å². The minimum Gasteiger partial charge on any atom is -0.462 e. The molecule has 1 aliphatic heterocycles. The first-order chi connectivity index (χ1) is 13.6. The van der Waals surface area contributed by atoms with Gasteiger partial charge in [-0.25, -0.2) is 14.8 Å². The molecule has 0 saturated carbocycles. The molecule has 3 heterocycles. The first-order valence-corrected chi connectivity index (χ1v) is 10.4. The number of hydrogen-bond acceptors (Lipinski definition) is 7. The van der Waals surface area contributed by atoms with Gasteiger partial charge in [-0.2, -0.15) is 0 Å². The van der Waals surface area contributed by atoms with Gasteiger partial charge in [-0.05, 0) is 44.9 Å². The maximum absolute atomic E-state index is 12.3. The zero-order valence-electron chi connectivity index (χ0n) is 16.4. The Morgan fingerprint density at radius 1 is 1.29 bits per heavy atom. The lowest BCUT2D eigenvalue weighted by atomic mass is 10.2. The van der Waals surface area contributed by atoms with Gasteiger partial charge in [-0.3, -0.25) is 0 Å². The van der Waals surface area contributed by atoms with E-state index in [1.807, 2.05) is 39.0 Å². The third kappa shape index (κ3) is 3.54. The molecule has 7 heteroatoms. The second-order valence-electron chi connectivity index (χ2n) is 6.99. The van der Waals surface area contributed by atoms with Crippen LogP contribution in [-0.4, -0.2) is 41.7 Å². The van der Waals surface area contributed by atoms with Crippen LogP contribution in [0, 0.1) is 13.8 Å². The summed E-state index contributed by atoms with van der Waals surface area (Å²) in [4.78, 5) is 25.4. The number of hydrogen-bond donors (Lipinski definition) is 1. The van der Waals surface area contributed by atoms with Gasteiger partial charge in [0.25, 0.3) is 0 Å². The molecule has 0 aliphatic carbocycles. The van der Waals surface area contributed by atoms with Gasteiger partial charge in [0.15, 0.2) is 0 Å². The number of ether oxygens (including phenoxy) is 1. The molecule has 1 N–H and O–H groups in total. The predicted octanol–water partition coefficient (Wildman–Crippen LogP) is 4.18. The van der Waals surface area contributed by atoms with Gasteiger partial charge in [-0.15, -0.1) is 11.3 Å². The highest BCUT2D eigenvalue weighted by Gasteiger charge is 2.28. The topological polar surface area (TPSA) is 67.3 Å². The second-order valence-corrected chi connectivity index (χ2v) is 7.99. The molecule has 0 bridgehead atoms. The van der Waals surface area contributed by atoms with Gasteiger partial charge in [0, 0.05) is 24.8 Å². The monoisotopic (exact) mass is 396 g/mol. The molecule has 6 nitrogen and oxygen atoms in total. The Kier molecular flexibility index (Phi) is 5.17. The molecule has 1 saturated heterocycles. The van der Waals surface area contributed by atoms with E-state index in [1.165, 1.54) is 11.3 Å². The number of esters is 1. The second kappa shape index (κ2) is 7.75. The number of anilines is 2. The van der Waals surface area contributed by atoms with E-state index < -0.39 is 0 Å². The van der Waals surface area contributed by atoms with Gasteiger partial charge in [0.05, 0.1) is 12.0 Å². The molecule has 0 unspecified atom stereocenters. The van der Waals surface area contributed by atoms with E-state index in [9.17, 15) is 4.79 Å². The van der Waals surface area contributed by atoms with Crippen LogP contribution in [0.3, 0.4) is 0 Å². The van der Waals surface area contributed by atoms with Crippen LogP contribution in [0.25, 0.3) is 10.2 Å². The van der Waals surface area contributed by atoms with Crippen molar-refractivity contribution in [1.29, 1.82) is 0 Å². The van der Waals surface area contributed by atoms with Crippen LogP contribution >= 0.6 is 11.3 Å². The maximum atomic E-state index is 12.3. The smallest absolute Gasteiger partial charge is 0.348 e. The predicted molar refractivity (Wildman–Crippen MR) is 114 cm³/mol. The van der Waals surface area contributed by atoms with Gasteiger partial charge in [0.1, 0.15) is 21.3 Å². The Balaban J connectivity index is 1.64. The number of aryl methyl sites for hydroxylation is 2. The standard InChI is InChI=1S/C21H24N4O2S/c1-4-27-21(26)18-13(2)17-19(22-14(3)23-20(17)28-18)25-11-10-16(12-25)24-15-8-6-5-7-9-15/h5-9,16,24H,4,10-12H2,1-3H3/t16-/m0/s1. The van der Waals surface area contributed by atoms with Crippen LogP contribution in [0.5, 0.6) is 0 Å². The SMILES string of the molecule is CCOC(=O)c1sc2nc(C)nc(N3CC[C@H](Nc4ccccc4)C3)c2c1C. The fourth-order valence-corrected chi connectivity index (χ4v) is 4.80. The van der Waals surface area contributed by atoms with Crippen LogP contribution in [0.15, 0.2) is 30.3 Å². The highest BCUT2D eigenvalue weighted by atomic mass is 32.1. The maximum Gasteiger partial charge on any atom is 0.348 e. The summed E-state index contributed by atoms with van der Waals surface area (Å²) in [6.45, 7) is 7.83. The first-order valence-electron chi connectivity index (χ1n) is 9.58. The van der Waals surface area contributed by atoms with Crippen molar-refractivity contribution in [3.8, 4) is 0 Å². The number of nitrogens with zero attached hydrogens (tertiary/aromatic N) is 3. The zero-order valence-corrected chi connectivity index (χ0v) is 17.2. The molecule has 0 radical (unpaired) electrons. The highest BCUT2D eigenvalue weighted by molar-refractivity contribution is 7.20. The van der Waals surface area contributed by atoms with Crippen molar-refractivity contribution in [2.45, 2.75) is 33.2 Å². The summed E-state index contributed by atoms with van der Waals surface area (Å²) in [6.07, 6.45) is 1.04. The van der Waals surface area contributed by atoms with Crippen LogP contribution in [0.1, 0.15) is 34.4 Å². The van der Waals surface area contributed by atoms with Gasteiger partial charge >= 0.3 is 5.97 Å². The Hall–Kier alpha value is -2.67. The number of nitrogens with one attached hydrogen (secondary N) is 1. The van der Waals surface area contributed by atoms with Crippen molar-refractivity contribution < 1.29 is 9.53 Å². The minimum absolute atomic E-state index is 0.281. The van der Waals surface area contributed by atoms with Gasteiger partial charge in [-0.1, -0.05) is 18.2 Å². The molecular weight excluding hydrogens is 372 g/mol. The van der Waals surface area contributed by atoms with E-state index in [1.54, 1.807) is 0 Å². The first kappa shape index (κ1) is 18.7. The number of aromatic nitrogens is 2. The van der Waals surface area contributed by atoms with Crippen LogP contribution in [0.2, 0.25) is 0 Å². The molecule has 146 valence electrons. The minimum atomic E-state index is -0.281. The van der Waals surface area contributed by atoms with Gasteiger partial charge in [0.2, 0.25) is 0 Å². The summed E-state index contributed by atoms with van der Waals surface area (Å²) in [5.74, 6) is 1.36. The van der Waals surface area contributed by atoms with Gasteiger partial charge < -0.3 is 15.0 Å². The summed E-state index contributed by atoms with van der Waals surface area (Å²) >= 11 is 1.39. The third-order valence-electron chi connectivity index (χ3n) is 4.98. The number of carbonyl (C=O) groups excluding carboxylic acids is 1. The largest absolute Gasteiger partial charge is 0.462 e. The molecule has 1 atom stereocenters. The molecular formula is C21H24N4O2S. The number of carbonyl (C=O) groups is 1. The lowest BCUT2D eigenvalue weighted by Gasteiger charge is -2.20. The van der Waals surface area contributed by atoms with Crippen molar-refractivity contribution in [2.24, 2.45) is 0 Å². The van der Waals surface area contributed by atoms with Crippen LogP contribution in [-0.2, 0) is 4.74 Å². The Morgan fingerprint density at radius 3 is 2.82 bits per heavy atom. The molecule has 3 aromatic rings. The zero-order chi connectivity index (χ0) is 19.7. The number of fused-ring (bicyclic) bond motifs is 1. The molecule has 1 fully saturated rings. The van der Waals surface area contributed by atoms with E-state index in [4.69, 9.17) is 9.72 Å². The number of para-hydroxylation sites is 1. The van der Waals surface area contributed by atoms with Crippen molar-refractivity contribution >= 4 is 39.0 Å². The average molecular weight is 397 g/mol. The molecule has 2 aromatic heterocycles. The fourth-order valence-electron chi connectivity index (χ4n) is 3.68. The van der Waals surface area contributed by atoms with Crippen molar-refractivity contribution in [3.05, 3.63) is 46.6 Å². The third-order valence-corrected chi connectivity index (χ3v) is 6.14. The highest BCUT2D eigenvalue weighted by Crippen LogP contribution is 2.37. The molecule has 4 rings (SSSR count). The number of benzene rings is 1. The van der Waals surface area contributed by atoms with Crippen LogP contribution < -0.4 is 10.2 Å². The molecule has 28 heavy (non-hydrogen) atoms. The van der Waals surface area contributed by atoms with E-state index in [0.717, 1.165) is 52.6 Å². The van der Waals surface area contributed by atoms with Crippen LogP contribution in [0.4, 0.5) is 11.5 Å². The Morgan fingerprint density at radius 2 is 2.07 bits per heavy atom. The van der Waals surface area contributed by atoms with Crippen molar-refractivity contribution in [1.82, 2.24) is 9.97 Å². The van der Waals surface area contributed by atoms with E-state index in [0.29, 0.717) is 17.5 Å². The summed E-state index contributed by atoms with van der Waals surface area (Å²) < 4.78 is 5.22.